The summed E-state index contributed by atoms with van der Waals surface area (Å²) in [5.41, 5.74) is 0. The predicted octanol–water partition coefficient (Wildman–Crippen LogP) is 10.2. The molecule has 3 N–H and O–H groups in total. The summed E-state index contributed by atoms with van der Waals surface area (Å²) in [6, 6.07) is -1.07. The molecule has 1 amide bonds. The van der Waals surface area contributed by atoms with Gasteiger partial charge in [0.05, 0.1) is 17.9 Å². The maximum atomic E-state index is 12.4. The highest BCUT2D eigenvalue weighted by Crippen LogP contribution is 2.13. The first-order valence-corrected chi connectivity index (χ1v) is 19.8. The number of nitrogens with one attached hydrogen (secondary N) is 1. The lowest BCUT2D eigenvalue weighted by molar-refractivity contribution is -0.122. The van der Waals surface area contributed by atoms with Crippen LogP contribution in [0.2, 0.25) is 0 Å². The van der Waals surface area contributed by atoms with Crippen LogP contribution in [0.15, 0.2) is 36.5 Å². The lowest BCUT2D eigenvalue weighted by Gasteiger charge is -2.21. The van der Waals surface area contributed by atoms with Crippen molar-refractivity contribution in [2.24, 2.45) is 0 Å². The molecule has 0 aromatic heterocycles. The zero-order valence-corrected chi connectivity index (χ0v) is 29.3. The molecule has 0 heterocycles. The Hall–Kier alpha value is -1.44. The first-order valence-electron chi connectivity index (χ1n) is 18.2. The molecule has 0 aliphatic carbocycles. The van der Waals surface area contributed by atoms with Crippen LogP contribution in [-0.4, -0.2) is 41.9 Å². The molecule has 0 aromatic rings. The molecule has 7 heteroatoms. The molecular formula is C37H69NO5S. The molecule has 0 fully saturated rings. The first-order chi connectivity index (χ1) is 21.3. The maximum Gasteiger partial charge on any atom is 0.267 e. The van der Waals surface area contributed by atoms with Crippen molar-refractivity contribution in [3.63, 3.8) is 0 Å². The molecule has 0 bridgehead atoms. The van der Waals surface area contributed by atoms with E-state index in [0.717, 1.165) is 38.5 Å². The highest BCUT2D eigenvalue weighted by molar-refractivity contribution is 7.85. The van der Waals surface area contributed by atoms with Crippen molar-refractivity contribution >= 4 is 16.0 Å². The summed E-state index contributed by atoms with van der Waals surface area (Å²) in [5, 5.41) is 13.1. The van der Waals surface area contributed by atoms with Gasteiger partial charge in [0.25, 0.3) is 10.1 Å². The third-order valence-corrected chi connectivity index (χ3v) is 8.83. The molecular weight excluding hydrogens is 570 g/mol. The van der Waals surface area contributed by atoms with E-state index in [2.05, 4.69) is 43.5 Å². The van der Waals surface area contributed by atoms with E-state index in [1.165, 1.54) is 115 Å². The summed E-state index contributed by atoms with van der Waals surface area (Å²) in [4.78, 5) is 12.4. The normalized spacial score (nSPS) is 13.8. The maximum absolute atomic E-state index is 12.4. The number of hydrogen-bond donors (Lipinski definition) is 3. The fourth-order valence-corrected chi connectivity index (χ4v) is 6.04. The summed E-state index contributed by atoms with van der Waals surface area (Å²) >= 11 is 0. The molecule has 258 valence electrons. The summed E-state index contributed by atoms with van der Waals surface area (Å²) in [6.07, 6.45) is 39.9. The van der Waals surface area contributed by atoms with E-state index >= 15 is 0 Å². The predicted molar refractivity (Wildman–Crippen MR) is 189 cm³/mol. The third-order valence-electron chi connectivity index (χ3n) is 8.05. The topological polar surface area (TPSA) is 104 Å². The number of aliphatic hydroxyl groups is 1. The molecule has 0 aliphatic rings. The monoisotopic (exact) mass is 639 g/mol. The number of carbonyl (C=O) groups excluding carboxylic acids is 1. The van der Waals surface area contributed by atoms with Gasteiger partial charge in [0.15, 0.2) is 0 Å². The number of allylic oxidation sites excluding steroid dienone is 5. The lowest BCUT2D eigenvalue weighted by atomic mass is 10.1. The molecule has 0 spiro atoms. The van der Waals surface area contributed by atoms with Gasteiger partial charge in [0, 0.05) is 6.42 Å². The summed E-state index contributed by atoms with van der Waals surface area (Å²) in [6.45, 7) is 4.48. The van der Waals surface area contributed by atoms with Crippen LogP contribution in [0.5, 0.6) is 0 Å². The summed E-state index contributed by atoms with van der Waals surface area (Å²) < 4.78 is 32.3. The average Bonchev–Trinajstić information content (AvgIpc) is 2.98. The SMILES string of the molecule is CCCCCCCCCCC/C=C/CC/C=C/CC/C=C/C(O)C(CS(=O)(=O)O)NC(=O)CCCCCCCCCCCC. The van der Waals surface area contributed by atoms with Gasteiger partial charge in [-0.25, -0.2) is 0 Å². The minimum atomic E-state index is -4.35. The Morgan fingerprint density at radius 1 is 0.591 bits per heavy atom. The van der Waals surface area contributed by atoms with Crippen molar-refractivity contribution in [2.75, 3.05) is 5.75 Å². The van der Waals surface area contributed by atoms with E-state index in [0.29, 0.717) is 6.42 Å². The van der Waals surface area contributed by atoms with Gasteiger partial charge in [-0.3, -0.25) is 9.35 Å². The molecule has 2 atom stereocenters. The van der Waals surface area contributed by atoms with Crippen molar-refractivity contribution in [3.8, 4) is 0 Å². The molecule has 0 aliphatic heterocycles. The molecule has 44 heavy (non-hydrogen) atoms. The standard InChI is InChI=1S/C37H69NO5S/c1-3-5-7-9-11-13-15-16-17-18-19-20-21-22-23-24-26-28-30-32-36(39)35(34-44(41,42)43)38-37(40)33-31-29-27-25-14-12-10-8-6-4-2/h19-20,23-24,30,32,35-36,39H,3-18,21-22,25-29,31,33-34H2,1-2H3,(H,38,40)(H,41,42,43)/b20-19+,24-23+,32-30+. The van der Waals surface area contributed by atoms with Gasteiger partial charge in [-0.2, -0.15) is 8.42 Å². The number of carbonyl (C=O) groups is 1. The Bertz CT molecular complexity index is 837. The Labute approximate surface area is 272 Å². The Morgan fingerprint density at radius 2 is 0.977 bits per heavy atom. The van der Waals surface area contributed by atoms with Gasteiger partial charge < -0.3 is 10.4 Å². The van der Waals surface area contributed by atoms with E-state index in [-0.39, 0.29) is 12.3 Å². The zero-order chi connectivity index (χ0) is 32.6. The van der Waals surface area contributed by atoms with E-state index < -0.39 is 28.0 Å². The van der Waals surface area contributed by atoms with E-state index in [4.69, 9.17) is 0 Å². The largest absolute Gasteiger partial charge is 0.387 e. The van der Waals surface area contributed by atoms with Crippen LogP contribution in [0.4, 0.5) is 0 Å². The number of aliphatic hydroxyl groups excluding tert-OH is 1. The average molecular weight is 640 g/mol. The molecule has 6 nitrogen and oxygen atoms in total. The molecule has 0 radical (unpaired) electrons. The van der Waals surface area contributed by atoms with E-state index in [9.17, 15) is 22.9 Å². The van der Waals surface area contributed by atoms with Crippen LogP contribution >= 0.6 is 0 Å². The van der Waals surface area contributed by atoms with Gasteiger partial charge in [0.2, 0.25) is 5.91 Å². The molecule has 0 saturated carbocycles. The second-order valence-corrected chi connectivity index (χ2v) is 14.0. The lowest BCUT2D eigenvalue weighted by Crippen LogP contribution is -2.46. The fourth-order valence-electron chi connectivity index (χ4n) is 5.30. The molecule has 0 rings (SSSR count). The highest BCUT2D eigenvalue weighted by atomic mass is 32.2. The minimum absolute atomic E-state index is 0.286. The van der Waals surface area contributed by atoms with Gasteiger partial charge in [0.1, 0.15) is 0 Å². The van der Waals surface area contributed by atoms with Crippen molar-refractivity contribution in [3.05, 3.63) is 36.5 Å². The van der Waals surface area contributed by atoms with Gasteiger partial charge in [-0.15, -0.1) is 0 Å². The summed E-state index contributed by atoms with van der Waals surface area (Å²) in [5.74, 6) is -1.01. The Kier molecular flexibility index (Phi) is 30.5. The number of unbranched alkanes of at least 4 members (excludes halogenated alkanes) is 20. The van der Waals surface area contributed by atoms with E-state index in [1.807, 2.05) is 0 Å². The van der Waals surface area contributed by atoms with Crippen LogP contribution in [0.3, 0.4) is 0 Å². The van der Waals surface area contributed by atoms with Gasteiger partial charge in [-0.05, 0) is 44.9 Å². The number of hydrogen-bond acceptors (Lipinski definition) is 4. The summed E-state index contributed by atoms with van der Waals surface area (Å²) in [7, 11) is -4.35. The number of amides is 1. The van der Waals surface area contributed by atoms with Crippen molar-refractivity contribution < 1.29 is 22.9 Å². The van der Waals surface area contributed by atoms with Crippen LogP contribution in [0, 0.1) is 0 Å². The Morgan fingerprint density at radius 3 is 1.43 bits per heavy atom. The zero-order valence-electron chi connectivity index (χ0n) is 28.5. The number of rotatable bonds is 32. The van der Waals surface area contributed by atoms with Gasteiger partial charge in [-0.1, -0.05) is 159 Å². The van der Waals surface area contributed by atoms with Crippen molar-refractivity contribution in [2.45, 2.75) is 187 Å². The highest BCUT2D eigenvalue weighted by Gasteiger charge is 2.24. The van der Waals surface area contributed by atoms with Crippen LogP contribution in [0.25, 0.3) is 0 Å². The first kappa shape index (κ1) is 42.6. The molecule has 0 saturated heterocycles. The second kappa shape index (κ2) is 31.5. The smallest absolute Gasteiger partial charge is 0.267 e. The van der Waals surface area contributed by atoms with Gasteiger partial charge >= 0.3 is 0 Å². The van der Waals surface area contributed by atoms with Crippen molar-refractivity contribution in [1.82, 2.24) is 5.32 Å². The second-order valence-electron chi connectivity index (χ2n) is 12.5. The van der Waals surface area contributed by atoms with Crippen LogP contribution in [-0.2, 0) is 14.9 Å². The Balaban J connectivity index is 4.05. The molecule has 0 aromatic carbocycles. The minimum Gasteiger partial charge on any atom is -0.387 e. The molecule has 2 unspecified atom stereocenters. The quantitative estimate of drug-likeness (QED) is 0.0386. The fraction of sp³-hybridized carbons (Fsp3) is 0.811. The van der Waals surface area contributed by atoms with E-state index in [1.54, 1.807) is 6.08 Å². The van der Waals surface area contributed by atoms with Crippen LogP contribution in [0.1, 0.15) is 174 Å². The van der Waals surface area contributed by atoms with Crippen LogP contribution < -0.4 is 5.32 Å². The third kappa shape index (κ3) is 32.0. The van der Waals surface area contributed by atoms with Crippen molar-refractivity contribution in [1.29, 1.82) is 0 Å².